The van der Waals surface area contributed by atoms with Crippen molar-refractivity contribution in [2.24, 2.45) is 10.9 Å². The zero-order valence-corrected chi connectivity index (χ0v) is 6.85. The topological polar surface area (TPSA) is 98.0 Å². The van der Waals surface area contributed by atoms with Crippen LogP contribution in [-0.4, -0.2) is 24.1 Å². The number of nitrogens with zero attached hydrogens (tertiary/aromatic N) is 1. The van der Waals surface area contributed by atoms with Crippen LogP contribution in [-0.2, 0) is 4.74 Å². The third-order valence-corrected chi connectivity index (χ3v) is 1.38. The molecule has 0 saturated heterocycles. The molecule has 0 atom stereocenters. The molecule has 1 heterocycles. The van der Waals surface area contributed by atoms with Crippen LogP contribution in [0.4, 0.5) is 0 Å². The Morgan fingerprint density at radius 2 is 2.46 bits per heavy atom. The molecule has 1 rings (SSSR count). The number of amidine groups is 1. The van der Waals surface area contributed by atoms with Gasteiger partial charge in [0.15, 0.2) is 5.76 Å². The number of carbonyl (C=O) groups is 1. The van der Waals surface area contributed by atoms with Gasteiger partial charge in [-0.15, -0.1) is 0 Å². The van der Waals surface area contributed by atoms with Gasteiger partial charge in [-0.1, -0.05) is 5.16 Å². The third-order valence-electron chi connectivity index (χ3n) is 1.38. The molecule has 0 saturated carbocycles. The molecule has 0 bridgehead atoms. The number of carbonyl (C=O) groups excluding carboxylic acids is 1. The molecule has 3 N–H and O–H groups in total. The van der Waals surface area contributed by atoms with Gasteiger partial charge in [-0.25, -0.2) is 4.79 Å². The van der Waals surface area contributed by atoms with Crippen LogP contribution in [0.25, 0.3) is 0 Å². The number of methoxy groups -OCH3 is 1. The van der Waals surface area contributed by atoms with E-state index in [9.17, 15) is 4.79 Å². The molecule has 0 unspecified atom stereocenters. The molecule has 0 fully saturated rings. The summed E-state index contributed by atoms with van der Waals surface area (Å²) >= 11 is 0. The fourth-order valence-corrected chi connectivity index (χ4v) is 0.745. The van der Waals surface area contributed by atoms with Crippen molar-refractivity contribution in [2.75, 3.05) is 7.11 Å². The molecule has 1 aromatic rings. The van der Waals surface area contributed by atoms with Crippen molar-refractivity contribution >= 4 is 11.8 Å². The Labute approximate surface area is 73.6 Å². The lowest BCUT2D eigenvalue weighted by molar-refractivity contribution is 0.0600. The maximum absolute atomic E-state index is 10.9. The first-order valence-electron chi connectivity index (χ1n) is 3.33. The average molecular weight is 184 g/mol. The minimum atomic E-state index is -0.541. The summed E-state index contributed by atoms with van der Waals surface area (Å²) in [4.78, 5) is 10.9. The van der Waals surface area contributed by atoms with Crippen molar-refractivity contribution in [3.63, 3.8) is 0 Å². The van der Waals surface area contributed by atoms with Crippen LogP contribution < -0.4 is 5.73 Å². The summed E-state index contributed by atoms with van der Waals surface area (Å²) in [6.07, 6.45) is 1.17. The summed E-state index contributed by atoms with van der Waals surface area (Å²) in [7, 11) is 1.25. The number of ether oxygens (including phenoxy) is 1. The normalized spacial score (nSPS) is 11.3. The maximum Gasteiger partial charge on any atom is 0.341 e. The summed E-state index contributed by atoms with van der Waals surface area (Å²) in [6, 6.07) is 1.32. The first kappa shape index (κ1) is 9.11. The van der Waals surface area contributed by atoms with E-state index < -0.39 is 5.97 Å². The van der Waals surface area contributed by atoms with Crippen LogP contribution in [0.15, 0.2) is 21.9 Å². The van der Waals surface area contributed by atoms with E-state index in [1.54, 1.807) is 0 Å². The third kappa shape index (κ3) is 1.78. The maximum atomic E-state index is 10.9. The number of oxime groups is 1. The minimum Gasteiger partial charge on any atom is -0.465 e. The van der Waals surface area contributed by atoms with Gasteiger partial charge in [-0.3, -0.25) is 0 Å². The molecular formula is C7H8N2O4. The van der Waals surface area contributed by atoms with E-state index in [0.717, 1.165) is 0 Å². The van der Waals surface area contributed by atoms with Gasteiger partial charge in [0.25, 0.3) is 0 Å². The molecule has 0 aromatic carbocycles. The first-order chi connectivity index (χ1) is 6.19. The fourth-order valence-electron chi connectivity index (χ4n) is 0.745. The number of furan rings is 1. The lowest BCUT2D eigenvalue weighted by atomic mass is 10.3. The van der Waals surface area contributed by atoms with Crippen LogP contribution in [0.3, 0.4) is 0 Å². The minimum absolute atomic E-state index is 0.114. The van der Waals surface area contributed by atoms with Crippen molar-refractivity contribution in [3.8, 4) is 0 Å². The molecule has 0 aliphatic heterocycles. The second-order valence-electron chi connectivity index (χ2n) is 2.18. The smallest absolute Gasteiger partial charge is 0.341 e. The summed E-state index contributed by atoms with van der Waals surface area (Å²) in [6.45, 7) is 0. The number of nitrogens with two attached hydrogens (primary N) is 1. The van der Waals surface area contributed by atoms with Gasteiger partial charge in [-0.2, -0.15) is 0 Å². The Kier molecular flexibility index (Phi) is 2.53. The molecular weight excluding hydrogens is 176 g/mol. The second-order valence-corrected chi connectivity index (χ2v) is 2.18. The largest absolute Gasteiger partial charge is 0.465 e. The molecule has 1 aromatic heterocycles. The van der Waals surface area contributed by atoms with Gasteiger partial charge in [-0.05, 0) is 0 Å². The highest BCUT2D eigenvalue weighted by atomic mass is 16.5. The van der Waals surface area contributed by atoms with Crippen LogP contribution in [0.1, 0.15) is 16.1 Å². The van der Waals surface area contributed by atoms with Crippen molar-refractivity contribution in [2.45, 2.75) is 0 Å². The highest BCUT2D eigenvalue weighted by molar-refractivity contribution is 5.97. The molecule has 6 nitrogen and oxygen atoms in total. The zero-order chi connectivity index (χ0) is 9.84. The highest BCUT2D eigenvalue weighted by Gasteiger charge is 2.12. The molecule has 70 valence electrons. The van der Waals surface area contributed by atoms with Crippen molar-refractivity contribution in [1.82, 2.24) is 0 Å². The Morgan fingerprint density at radius 3 is 3.00 bits per heavy atom. The Bertz CT molecular complexity index is 342. The van der Waals surface area contributed by atoms with Crippen molar-refractivity contribution in [3.05, 3.63) is 23.7 Å². The van der Waals surface area contributed by atoms with Crippen molar-refractivity contribution < 1.29 is 19.2 Å². The van der Waals surface area contributed by atoms with Crippen molar-refractivity contribution in [1.29, 1.82) is 0 Å². The number of esters is 1. The van der Waals surface area contributed by atoms with Crippen LogP contribution in [0, 0.1) is 0 Å². The lowest BCUT2D eigenvalue weighted by Crippen LogP contribution is -2.11. The van der Waals surface area contributed by atoms with E-state index in [1.165, 1.54) is 19.4 Å². The molecule has 0 aliphatic rings. The SMILES string of the molecule is COC(=O)c1coc(C(N)=NO)c1. The molecule has 0 radical (unpaired) electrons. The summed E-state index contributed by atoms with van der Waals surface area (Å²) < 4.78 is 9.24. The first-order valence-corrected chi connectivity index (χ1v) is 3.33. The lowest BCUT2D eigenvalue weighted by Gasteiger charge is -1.90. The average Bonchev–Trinajstić information content (AvgIpc) is 2.64. The molecule has 0 amide bonds. The van der Waals surface area contributed by atoms with Crippen LogP contribution >= 0.6 is 0 Å². The summed E-state index contributed by atoms with van der Waals surface area (Å²) in [5.41, 5.74) is 5.42. The zero-order valence-electron chi connectivity index (χ0n) is 6.85. The summed E-state index contributed by atoms with van der Waals surface area (Å²) in [5, 5.41) is 11.0. The Balaban J connectivity index is 2.93. The standard InChI is InChI=1S/C7H8N2O4/c1-12-7(10)4-2-5(13-3-4)6(8)9-11/h2-3,11H,1H3,(H2,8,9). The molecule has 0 spiro atoms. The number of hydrogen-bond acceptors (Lipinski definition) is 5. The van der Waals surface area contributed by atoms with E-state index in [-0.39, 0.29) is 17.2 Å². The number of rotatable bonds is 2. The van der Waals surface area contributed by atoms with E-state index in [4.69, 9.17) is 15.4 Å². The van der Waals surface area contributed by atoms with Gasteiger partial charge in [0.05, 0.1) is 12.7 Å². The van der Waals surface area contributed by atoms with Gasteiger partial charge >= 0.3 is 5.97 Å². The fraction of sp³-hybridized carbons (Fsp3) is 0.143. The van der Waals surface area contributed by atoms with E-state index in [1.807, 2.05) is 0 Å². The summed E-state index contributed by atoms with van der Waals surface area (Å²) in [5.74, 6) is -0.626. The quantitative estimate of drug-likeness (QED) is 0.224. The predicted octanol–water partition coefficient (Wildman–Crippen LogP) is 0.161. The van der Waals surface area contributed by atoms with Gasteiger partial charge in [0.2, 0.25) is 5.84 Å². The van der Waals surface area contributed by atoms with Gasteiger partial charge in [0, 0.05) is 6.07 Å². The molecule has 13 heavy (non-hydrogen) atoms. The van der Waals surface area contributed by atoms with E-state index in [2.05, 4.69) is 9.89 Å². The monoisotopic (exact) mass is 184 g/mol. The van der Waals surface area contributed by atoms with E-state index in [0.29, 0.717) is 0 Å². The molecule has 6 heteroatoms. The van der Waals surface area contributed by atoms with Gasteiger partial charge in [0.1, 0.15) is 6.26 Å². The van der Waals surface area contributed by atoms with Gasteiger partial charge < -0.3 is 20.1 Å². The molecule has 0 aliphatic carbocycles. The van der Waals surface area contributed by atoms with Crippen LogP contribution in [0.5, 0.6) is 0 Å². The second kappa shape index (κ2) is 3.61. The van der Waals surface area contributed by atoms with E-state index >= 15 is 0 Å². The number of hydrogen-bond donors (Lipinski definition) is 2. The Hall–Kier alpha value is -1.98. The highest BCUT2D eigenvalue weighted by Crippen LogP contribution is 2.08. The predicted molar refractivity (Wildman–Crippen MR) is 42.6 cm³/mol. The van der Waals surface area contributed by atoms with Crippen LogP contribution in [0.2, 0.25) is 0 Å². The Morgan fingerprint density at radius 1 is 1.77 bits per heavy atom.